The molecule has 1 aromatic carbocycles. The van der Waals surface area contributed by atoms with Crippen LogP contribution in [0, 0.1) is 5.92 Å². The number of carbonyl (C=O) groups excluding carboxylic acids is 2. The predicted octanol–water partition coefficient (Wildman–Crippen LogP) is 2.99. The molecule has 2 aromatic rings. The van der Waals surface area contributed by atoms with Crippen molar-refractivity contribution in [3.63, 3.8) is 0 Å². The number of nitrogens with zero attached hydrogens (tertiary/aromatic N) is 3. The standard InChI is InChI=1S/C20H26N4O3/c1-12(2)14-5-7-16(8-6-14)24-11-15(9-18(24)25)20(26)21-10-17-22-19(13(3)4)23-27-17/h5-8,12-13,15H,9-11H2,1-4H3,(H,21,26)/t15-/m1/s1. The summed E-state index contributed by atoms with van der Waals surface area (Å²) >= 11 is 0. The van der Waals surface area contributed by atoms with Gasteiger partial charge in [0.25, 0.3) is 0 Å². The monoisotopic (exact) mass is 370 g/mol. The normalized spacial score (nSPS) is 17.2. The van der Waals surface area contributed by atoms with Crippen molar-refractivity contribution in [3.05, 3.63) is 41.5 Å². The van der Waals surface area contributed by atoms with Crippen LogP contribution in [-0.2, 0) is 16.1 Å². The minimum Gasteiger partial charge on any atom is -0.347 e. The zero-order valence-electron chi connectivity index (χ0n) is 16.2. The highest BCUT2D eigenvalue weighted by Crippen LogP contribution is 2.27. The number of benzene rings is 1. The maximum absolute atomic E-state index is 12.4. The number of hydrogen-bond donors (Lipinski definition) is 1. The number of anilines is 1. The third-order valence-electron chi connectivity index (χ3n) is 4.78. The molecule has 1 fully saturated rings. The topological polar surface area (TPSA) is 88.3 Å². The third kappa shape index (κ3) is 4.35. The molecule has 1 N–H and O–H groups in total. The quantitative estimate of drug-likeness (QED) is 0.844. The van der Waals surface area contributed by atoms with E-state index in [0.717, 1.165) is 5.69 Å². The Labute approximate surface area is 159 Å². The lowest BCUT2D eigenvalue weighted by atomic mass is 10.0. The van der Waals surface area contributed by atoms with E-state index >= 15 is 0 Å². The molecule has 1 aliphatic heterocycles. The second-order valence-electron chi connectivity index (χ2n) is 7.57. The van der Waals surface area contributed by atoms with Crippen molar-refractivity contribution >= 4 is 17.5 Å². The minimum absolute atomic E-state index is 0.0349. The Hall–Kier alpha value is -2.70. The van der Waals surface area contributed by atoms with Crippen molar-refractivity contribution in [3.8, 4) is 0 Å². The molecular formula is C20H26N4O3. The van der Waals surface area contributed by atoms with Gasteiger partial charge in [-0.1, -0.05) is 45.0 Å². The van der Waals surface area contributed by atoms with Gasteiger partial charge in [-0.05, 0) is 23.6 Å². The molecule has 144 valence electrons. The molecule has 3 rings (SSSR count). The first-order valence-corrected chi connectivity index (χ1v) is 9.35. The summed E-state index contributed by atoms with van der Waals surface area (Å²) < 4.78 is 5.13. The number of carbonyl (C=O) groups is 2. The van der Waals surface area contributed by atoms with E-state index in [1.165, 1.54) is 5.56 Å². The highest BCUT2D eigenvalue weighted by molar-refractivity contribution is 6.00. The Morgan fingerprint density at radius 3 is 2.52 bits per heavy atom. The number of hydrogen-bond acceptors (Lipinski definition) is 5. The van der Waals surface area contributed by atoms with Gasteiger partial charge in [-0.2, -0.15) is 4.98 Å². The van der Waals surface area contributed by atoms with Crippen molar-refractivity contribution in [1.82, 2.24) is 15.5 Å². The van der Waals surface area contributed by atoms with E-state index in [1.54, 1.807) is 4.90 Å². The number of rotatable bonds is 6. The largest absolute Gasteiger partial charge is 0.347 e. The number of amides is 2. The van der Waals surface area contributed by atoms with Crippen LogP contribution in [0.4, 0.5) is 5.69 Å². The molecule has 7 heteroatoms. The lowest BCUT2D eigenvalue weighted by Crippen LogP contribution is -2.32. The van der Waals surface area contributed by atoms with Crippen LogP contribution in [0.25, 0.3) is 0 Å². The van der Waals surface area contributed by atoms with Gasteiger partial charge in [0.1, 0.15) is 0 Å². The van der Waals surface area contributed by atoms with E-state index in [-0.39, 0.29) is 36.6 Å². The van der Waals surface area contributed by atoms with E-state index in [0.29, 0.717) is 24.2 Å². The second kappa shape index (κ2) is 7.90. The van der Waals surface area contributed by atoms with E-state index in [4.69, 9.17) is 4.52 Å². The molecule has 2 heterocycles. The summed E-state index contributed by atoms with van der Waals surface area (Å²) in [6.45, 7) is 8.76. The highest BCUT2D eigenvalue weighted by Gasteiger charge is 2.35. The zero-order valence-corrected chi connectivity index (χ0v) is 16.2. The molecule has 1 aromatic heterocycles. The van der Waals surface area contributed by atoms with Crippen LogP contribution in [0.2, 0.25) is 0 Å². The summed E-state index contributed by atoms with van der Waals surface area (Å²) in [4.78, 5) is 30.7. The molecule has 0 saturated carbocycles. The lowest BCUT2D eigenvalue weighted by Gasteiger charge is -2.17. The van der Waals surface area contributed by atoms with E-state index in [2.05, 4.69) is 29.3 Å². The second-order valence-corrected chi connectivity index (χ2v) is 7.57. The van der Waals surface area contributed by atoms with Gasteiger partial charge in [0.05, 0.1) is 12.5 Å². The van der Waals surface area contributed by atoms with Crippen molar-refractivity contribution < 1.29 is 14.1 Å². The maximum atomic E-state index is 12.4. The van der Waals surface area contributed by atoms with Crippen molar-refractivity contribution in [2.75, 3.05) is 11.4 Å². The maximum Gasteiger partial charge on any atom is 0.246 e. The van der Waals surface area contributed by atoms with Gasteiger partial charge in [-0.25, -0.2) is 0 Å². The Bertz CT molecular complexity index is 811. The molecule has 0 unspecified atom stereocenters. The average Bonchev–Trinajstić information content (AvgIpc) is 3.26. The molecule has 7 nitrogen and oxygen atoms in total. The molecule has 1 aliphatic rings. The molecule has 27 heavy (non-hydrogen) atoms. The summed E-state index contributed by atoms with van der Waals surface area (Å²) in [7, 11) is 0. The Balaban J connectivity index is 1.58. The summed E-state index contributed by atoms with van der Waals surface area (Å²) in [5.41, 5.74) is 2.05. The van der Waals surface area contributed by atoms with Gasteiger partial charge < -0.3 is 14.7 Å². The van der Waals surface area contributed by atoms with Gasteiger partial charge in [-0.3, -0.25) is 9.59 Å². The van der Waals surface area contributed by atoms with E-state index < -0.39 is 0 Å². The summed E-state index contributed by atoms with van der Waals surface area (Å²) in [5.74, 6) is 1.01. The van der Waals surface area contributed by atoms with Crippen molar-refractivity contribution in [2.24, 2.45) is 5.92 Å². The van der Waals surface area contributed by atoms with Crippen LogP contribution in [-0.4, -0.2) is 28.5 Å². The summed E-state index contributed by atoms with van der Waals surface area (Å²) in [6, 6.07) is 7.95. The first kappa shape index (κ1) is 19.1. The molecule has 0 radical (unpaired) electrons. The van der Waals surface area contributed by atoms with Gasteiger partial charge >= 0.3 is 0 Å². The summed E-state index contributed by atoms with van der Waals surface area (Å²) in [6.07, 6.45) is 0.207. The first-order valence-electron chi connectivity index (χ1n) is 9.35. The SMILES string of the molecule is CC(C)c1ccc(N2C[C@H](C(=O)NCc3nc(C(C)C)no3)CC2=O)cc1. The van der Waals surface area contributed by atoms with Crippen LogP contribution in [0.1, 0.15) is 63.2 Å². The fourth-order valence-electron chi connectivity index (χ4n) is 3.05. The molecule has 1 atom stereocenters. The zero-order chi connectivity index (χ0) is 19.6. The number of nitrogens with one attached hydrogen (secondary N) is 1. The molecule has 0 spiro atoms. The smallest absolute Gasteiger partial charge is 0.246 e. The lowest BCUT2D eigenvalue weighted by molar-refractivity contribution is -0.126. The molecule has 0 bridgehead atoms. The van der Waals surface area contributed by atoms with Crippen LogP contribution in [0.5, 0.6) is 0 Å². The molecule has 2 amide bonds. The van der Waals surface area contributed by atoms with Crippen molar-refractivity contribution in [2.45, 2.75) is 52.5 Å². The third-order valence-corrected chi connectivity index (χ3v) is 4.78. The molecule has 1 saturated heterocycles. The predicted molar refractivity (Wildman–Crippen MR) is 101 cm³/mol. The van der Waals surface area contributed by atoms with Gasteiger partial charge in [0.2, 0.25) is 17.7 Å². The van der Waals surface area contributed by atoms with Gasteiger partial charge in [0.15, 0.2) is 5.82 Å². The number of aromatic nitrogens is 2. The fraction of sp³-hybridized carbons (Fsp3) is 0.500. The Kier molecular flexibility index (Phi) is 5.58. The minimum atomic E-state index is -0.380. The Morgan fingerprint density at radius 2 is 1.93 bits per heavy atom. The van der Waals surface area contributed by atoms with Crippen LogP contribution in [0.3, 0.4) is 0 Å². The van der Waals surface area contributed by atoms with Crippen LogP contribution >= 0.6 is 0 Å². The fourth-order valence-corrected chi connectivity index (χ4v) is 3.05. The molecule has 0 aliphatic carbocycles. The van der Waals surface area contributed by atoms with E-state index in [9.17, 15) is 9.59 Å². The van der Waals surface area contributed by atoms with Gasteiger partial charge in [-0.15, -0.1) is 0 Å². The van der Waals surface area contributed by atoms with Crippen LogP contribution < -0.4 is 10.2 Å². The van der Waals surface area contributed by atoms with Gasteiger partial charge in [0, 0.05) is 24.6 Å². The summed E-state index contributed by atoms with van der Waals surface area (Å²) in [5, 5.41) is 6.67. The average molecular weight is 370 g/mol. The van der Waals surface area contributed by atoms with E-state index in [1.807, 2.05) is 38.1 Å². The van der Waals surface area contributed by atoms with Crippen molar-refractivity contribution in [1.29, 1.82) is 0 Å². The molecular weight excluding hydrogens is 344 g/mol. The Morgan fingerprint density at radius 1 is 1.22 bits per heavy atom. The highest BCUT2D eigenvalue weighted by atomic mass is 16.5. The first-order chi connectivity index (χ1) is 12.8. The van der Waals surface area contributed by atoms with Crippen LogP contribution in [0.15, 0.2) is 28.8 Å².